The summed E-state index contributed by atoms with van der Waals surface area (Å²) < 4.78 is 5.44. The number of benzene rings is 3. The third-order valence-electron chi connectivity index (χ3n) is 7.78. The van der Waals surface area contributed by atoms with E-state index in [0.717, 1.165) is 21.9 Å². The van der Waals surface area contributed by atoms with Gasteiger partial charge in [0.25, 0.3) is 0 Å². The summed E-state index contributed by atoms with van der Waals surface area (Å²) in [5.41, 5.74) is 1.69. The molecule has 9 nitrogen and oxygen atoms in total. The molecule has 1 aliphatic rings. The fourth-order valence-corrected chi connectivity index (χ4v) is 5.46. The van der Waals surface area contributed by atoms with Crippen molar-refractivity contribution in [2.75, 3.05) is 6.54 Å². The van der Waals surface area contributed by atoms with E-state index in [-0.39, 0.29) is 36.7 Å². The number of ether oxygens (including phenoxy) is 1. The van der Waals surface area contributed by atoms with E-state index < -0.39 is 30.1 Å². The Balaban J connectivity index is 1.50. The summed E-state index contributed by atoms with van der Waals surface area (Å²) in [5, 5.41) is 13.4. The molecule has 0 bridgehead atoms. The molecule has 0 aromatic heterocycles. The van der Waals surface area contributed by atoms with Gasteiger partial charge in [-0.15, -0.1) is 6.58 Å². The van der Waals surface area contributed by atoms with E-state index in [4.69, 9.17) is 4.74 Å². The molecule has 9 heteroatoms. The van der Waals surface area contributed by atoms with Gasteiger partial charge in [-0.2, -0.15) is 0 Å². The van der Waals surface area contributed by atoms with Crippen LogP contribution in [0.3, 0.4) is 0 Å². The van der Waals surface area contributed by atoms with Crippen LogP contribution >= 0.6 is 0 Å². The standard InChI is InChI=1S/C35H42N4O5/c1-4-28(20-27-17-18-36-32(27)40)37-33(41)30(19-23(2)3)38-34(42)31(39-35(43)44-22-24-11-6-5-7-12-24)21-26-15-10-14-25-13-8-9-16-29(25)26/h4-16,23,27-28,30-31H,1,17-22H2,2-3H3,(H,36,40)(H,37,41)(H,38,42)(H,39,43)/t27-,28+,30-,31-/m0/s1. The van der Waals surface area contributed by atoms with Gasteiger partial charge in [0.1, 0.15) is 18.7 Å². The monoisotopic (exact) mass is 598 g/mol. The highest BCUT2D eigenvalue weighted by Crippen LogP contribution is 2.21. The van der Waals surface area contributed by atoms with Crippen LogP contribution in [0.4, 0.5) is 4.79 Å². The van der Waals surface area contributed by atoms with Crippen LogP contribution in [0.5, 0.6) is 0 Å². The highest BCUT2D eigenvalue weighted by Gasteiger charge is 2.31. The molecule has 0 radical (unpaired) electrons. The maximum Gasteiger partial charge on any atom is 0.408 e. The third kappa shape index (κ3) is 9.17. The number of alkyl carbamates (subject to hydrolysis) is 1. The summed E-state index contributed by atoms with van der Waals surface area (Å²) in [5.74, 6) is -1.01. The molecule has 1 fully saturated rings. The van der Waals surface area contributed by atoms with Crippen molar-refractivity contribution in [2.24, 2.45) is 11.8 Å². The number of amides is 4. The lowest BCUT2D eigenvalue weighted by Gasteiger charge is -2.26. The Hall–Kier alpha value is -4.66. The molecule has 4 amide bonds. The van der Waals surface area contributed by atoms with Crippen molar-refractivity contribution in [3.8, 4) is 0 Å². The van der Waals surface area contributed by atoms with Crippen LogP contribution in [0, 0.1) is 11.8 Å². The molecule has 3 aromatic carbocycles. The number of nitrogens with one attached hydrogen (secondary N) is 4. The Labute approximate surface area is 258 Å². The molecule has 1 heterocycles. The number of rotatable bonds is 14. The van der Waals surface area contributed by atoms with Crippen molar-refractivity contribution in [3.05, 3.63) is 96.6 Å². The van der Waals surface area contributed by atoms with Crippen molar-refractivity contribution < 1.29 is 23.9 Å². The Morgan fingerprint density at radius 3 is 2.34 bits per heavy atom. The summed E-state index contributed by atoms with van der Waals surface area (Å²) in [6.45, 7) is 8.44. The Kier molecular flexibility index (Phi) is 11.5. The molecule has 4 rings (SSSR count). The first-order valence-corrected chi connectivity index (χ1v) is 15.2. The van der Waals surface area contributed by atoms with Crippen molar-refractivity contribution in [1.29, 1.82) is 0 Å². The summed E-state index contributed by atoms with van der Waals surface area (Å²) >= 11 is 0. The minimum Gasteiger partial charge on any atom is -0.445 e. The number of fused-ring (bicyclic) bond motifs is 1. The van der Waals surface area contributed by atoms with Gasteiger partial charge < -0.3 is 26.0 Å². The molecule has 1 aliphatic heterocycles. The van der Waals surface area contributed by atoms with Gasteiger partial charge in [0.15, 0.2) is 0 Å². The van der Waals surface area contributed by atoms with E-state index in [1.54, 1.807) is 6.08 Å². The summed E-state index contributed by atoms with van der Waals surface area (Å²) in [6, 6.07) is 20.6. The van der Waals surface area contributed by atoms with Crippen LogP contribution in [0.2, 0.25) is 0 Å². The minimum absolute atomic E-state index is 0.0281. The lowest BCUT2D eigenvalue weighted by Crippen LogP contribution is -2.55. The van der Waals surface area contributed by atoms with Crippen LogP contribution in [0.25, 0.3) is 10.8 Å². The zero-order valence-corrected chi connectivity index (χ0v) is 25.4. The molecule has 0 saturated carbocycles. The lowest BCUT2D eigenvalue weighted by molar-refractivity contribution is -0.130. The average Bonchev–Trinajstić information content (AvgIpc) is 3.43. The molecule has 1 saturated heterocycles. The molecular formula is C35H42N4O5. The average molecular weight is 599 g/mol. The second-order valence-electron chi connectivity index (χ2n) is 11.7. The van der Waals surface area contributed by atoms with E-state index in [0.29, 0.717) is 25.8 Å². The number of hydrogen-bond donors (Lipinski definition) is 4. The Morgan fingerprint density at radius 1 is 0.932 bits per heavy atom. The third-order valence-corrected chi connectivity index (χ3v) is 7.78. The molecule has 4 N–H and O–H groups in total. The van der Waals surface area contributed by atoms with E-state index >= 15 is 0 Å². The first kappa shape index (κ1) is 32.3. The molecule has 232 valence electrons. The largest absolute Gasteiger partial charge is 0.445 e. The van der Waals surface area contributed by atoms with Crippen molar-refractivity contribution in [2.45, 2.75) is 64.3 Å². The molecular weight excluding hydrogens is 556 g/mol. The van der Waals surface area contributed by atoms with Crippen molar-refractivity contribution in [1.82, 2.24) is 21.3 Å². The van der Waals surface area contributed by atoms with Gasteiger partial charge in [0.2, 0.25) is 17.7 Å². The predicted octanol–water partition coefficient (Wildman–Crippen LogP) is 4.41. The summed E-state index contributed by atoms with van der Waals surface area (Å²) in [6.07, 6.45) is 2.58. The predicted molar refractivity (Wildman–Crippen MR) is 170 cm³/mol. The summed E-state index contributed by atoms with van der Waals surface area (Å²) in [4.78, 5) is 52.3. The highest BCUT2D eigenvalue weighted by atomic mass is 16.5. The van der Waals surface area contributed by atoms with Gasteiger partial charge in [0, 0.05) is 24.9 Å². The molecule has 0 spiro atoms. The van der Waals surface area contributed by atoms with Gasteiger partial charge in [-0.25, -0.2) is 4.79 Å². The molecule has 0 unspecified atom stereocenters. The maximum absolute atomic E-state index is 13.8. The lowest BCUT2D eigenvalue weighted by atomic mass is 9.96. The van der Waals surface area contributed by atoms with Gasteiger partial charge in [0.05, 0.1) is 0 Å². The van der Waals surface area contributed by atoms with E-state index in [1.807, 2.05) is 86.6 Å². The second kappa shape index (κ2) is 15.7. The normalized spacial score (nSPS) is 16.4. The van der Waals surface area contributed by atoms with Gasteiger partial charge in [-0.3, -0.25) is 14.4 Å². The zero-order valence-electron chi connectivity index (χ0n) is 25.4. The first-order chi connectivity index (χ1) is 21.2. The van der Waals surface area contributed by atoms with E-state index in [1.165, 1.54) is 0 Å². The maximum atomic E-state index is 13.8. The van der Waals surface area contributed by atoms with Gasteiger partial charge in [-0.1, -0.05) is 92.7 Å². The first-order valence-electron chi connectivity index (χ1n) is 15.2. The minimum atomic E-state index is -1.01. The van der Waals surface area contributed by atoms with E-state index in [9.17, 15) is 19.2 Å². The number of carbonyl (C=O) groups is 4. The fraction of sp³-hybridized carbons (Fsp3) is 0.371. The van der Waals surface area contributed by atoms with Crippen LogP contribution < -0.4 is 21.3 Å². The molecule has 0 aliphatic carbocycles. The van der Waals surface area contributed by atoms with Crippen LogP contribution in [0.15, 0.2) is 85.5 Å². The number of carbonyl (C=O) groups excluding carboxylic acids is 4. The highest BCUT2D eigenvalue weighted by molar-refractivity contribution is 5.93. The summed E-state index contributed by atoms with van der Waals surface area (Å²) in [7, 11) is 0. The SMILES string of the molecule is C=C[C@H](C[C@@H]1CCNC1=O)NC(=O)[C@H](CC(C)C)NC(=O)[C@H](Cc1cccc2ccccc12)NC(=O)OCc1ccccc1. The van der Waals surface area contributed by atoms with Crippen molar-refractivity contribution in [3.63, 3.8) is 0 Å². The Morgan fingerprint density at radius 2 is 1.64 bits per heavy atom. The fourth-order valence-electron chi connectivity index (χ4n) is 5.46. The quantitative estimate of drug-likeness (QED) is 0.205. The smallest absolute Gasteiger partial charge is 0.408 e. The molecule has 44 heavy (non-hydrogen) atoms. The number of hydrogen-bond acceptors (Lipinski definition) is 5. The van der Waals surface area contributed by atoms with Crippen LogP contribution in [0.1, 0.15) is 44.2 Å². The van der Waals surface area contributed by atoms with Gasteiger partial charge >= 0.3 is 6.09 Å². The topological polar surface area (TPSA) is 126 Å². The van der Waals surface area contributed by atoms with Crippen LogP contribution in [-0.2, 0) is 32.1 Å². The van der Waals surface area contributed by atoms with Gasteiger partial charge in [-0.05, 0) is 47.1 Å². The van der Waals surface area contributed by atoms with Crippen molar-refractivity contribution >= 4 is 34.6 Å². The molecule has 3 aromatic rings. The second-order valence-corrected chi connectivity index (χ2v) is 11.7. The zero-order chi connectivity index (χ0) is 31.5. The Bertz CT molecular complexity index is 1450. The molecule has 4 atom stereocenters. The van der Waals surface area contributed by atoms with E-state index in [2.05, 4.69) is 27.8 Å². The van der Waals surface area contributed by atoms with Crippen LogP contribution in [-0.4, -0.2) is 48.5 Å².